The lowest BCUT2D eigenvalue weighted by Crippen LogP contribution is -2.09. The van der Waals surface area contributed by atoms with Crippen LogP contribution in [0.2, 0.25) is 10.0 Å². The Morgan fingerprint density at radius 1 is 1.15 bits per heavy atom. The third kappa shape index (κ3) is 3.60. The number of hydrogen-bond acceptors (Lipinski definition) is 2. The van der Waals surface area contributed by atoms with Crippen molar-refractivity contribution >= 4 is 46.1 Å². The second-order valence-corrected chi connectivity index (χ2v) is 5.42. The molecule has 20 heavy (non-hydrogen) atoms. The highest BCUT2D eigenvalue weighted by molar-refractivity contribution is 7.80. The van der Waals surface area contributed by atoms with Crippen molar-refractivity contribution in [2.24, 2.45) is 5.73 Å². The van der Waals surface area contributed by atoms with Gasteiger partial charge in [-0.25, -0.2) is 4.39 Å². The van der Waals surface area contributed by atoms with E-state index in [0.29, 0.717) is 22.1 Å². The maximum absolute atomic E-state index is 13.0. The molecule has 0 saturated heterocycles. The fraction of sp³-hybridized carbons (Fsp3) is 0.0714. The molecule has 0 heterocycles. The van der Waals surface area contributed by atoms with Gasteiger partial charge in [-0.15, -0.1) is 0 Å². The van der Waals surface area contributed by atoms with Crippen molar-refractivity contribution in [3.8, 4) is 0 Å². The van der Waals surface area contributed by atoms with Crippen LogP contribution in [0.25, 0.3) is 0 Å². The van der Waals surface area contributed by atoms with Crippen LogP contribution in [0, 0.1) is 5.82 Å². The number of halogens is 3. The zero-order valence-corrected chi connectivity index (χ0v) is 12.6. The Morgan fingerprint density at radius 2 is 1.90 bits per heavy atom. The van der Waals surface area contributed by atoms with E-state index >= 15 is 0 Å². The van der Waals surface area contributed by atoms with Gasteiger partial charge >= 0.3 is 0 Å². The number of nitrogens with two attached hydrogens (primary N) is 1. The lowest BCUT2D eigenvalue weighted by molar-refractivity contribution is 0.627. The molecule has 0 aliphatic heterocycles. The lowest BCUT2D eigenvalue weighted by Gasteiger charge is -2.10. The number of anilines is 1. The fourth-order valence-electron chi connectivity index (χ4n) is 1.66. The molecule has 0 amide bonds. The smallest absolute Gasteiger partial charge is 0.141 e. The van der Waals surface area contributed by atoms with Crippen molar-refractivity contribution in [3.63, 3.8) is 0 Å². The highest BCUT2D eigenvalue weighted by Gasteiger charge is 2.05. The third-order valence-electron chi connectivity index (χ3n) is 2.72. The van der Waals surface area contributed by atoms with E-state index in [-0.39, 0.29) is 5.02 Å². The van der Waals surface area contributed by atoms with Gasteiger partial charge in [0.25, 0.3) is 0 Å². The number of benzene rings is 2. The Kier molecular flexibility index (Phi) is 4.81. The lowest BCUT2D eigenvalue weighted by atomic mass is 10.2. The molecule has 2 rings (SSSR count). The van der Waals surface area contributed by atoms with Gasteiger partial charge in [-0.3, -0.25) is 0 Å². The van der Waals surface area contributed by atoms with Gasteiger partial charge in [-0.05, 0) is 35.9 Å². The highest BCUT2D eigenvalue weighted by atomic mass is 35.5. The van der Waals surface area contributed by atoms with Crippen LogP contribution < -0.4 is 11.1 Å². The predicted molar refractivity (Wildman–Crippen MR) is 86.1 cm³/mol. The summed E-state index contributed by atoms with van der Waals surface area (Å²) in [5, 5.41) is 3.76. The minimum Gasteiger partial charge on any atom is -0.389 e. The Balaban J connectivity index is 2.10. The van der Waals surface area contributed by atoms with Crippen molar-refractivity contribution in [2.45, 2.75) is 6.54 Å². The van der Waals surface area contributed by atoms with Gasteiger partial charge in [0, 0.05) is 12.1 Å². The van der Waals surface area contributed by atoms with Gasteiger partial charge in [0.15, 0.2) is 0 Å². The van der Waals surface area contributed by atoms with Crippen LogP contribution in [0.3, 0.4) is 0 Å². The first-order chi connectivity index (χ1) is 9.47. The van der Waals surface area contributed by atoms with Crippen LogP contribution >= 0.6 is 35.4 Å². The van der Waals surface area contributed by atoms with E-state index in [9.17, 15) is 4.39 Å². The molecule has 0 radical (unpaired) electrons. The summed E-state index contributed by atoms with van der Waals surface area (Å²) in [5.74, 6) is -0.436. The van der Waals surface area contributed by atoms with Crippen molar-refractivity contribution < 1.29 is 4.39 Å². The molecule has 2 aromatic carbocycles. The van der Waals surface area contributed by atoms with Crippen molar-refractivity contribution in [2.75, 3.05) is 5.32 Å². The Morgan fingerprint density at radius 3 is 2.50 bits per heavy atom. The molecule has 0 bridgehead atoms. The molecular formula is C14H11Cl2FN2S. The van der Waals surface area contributed by atoms with E-state index < -0.39 is 5.82 Å². The maximum atomic E-state index is 13.0. The summed E-state index contributed by atoms with van der Waals surface area (Å²) in [6, 6.07) is 9.84. The van der Waals surface area contributed by atoms with Crippen LogP contribution in [0.1, 0.15) is 11.1 Å². The molecule has 6 heteroatoms. The number of nitrogens with one attached hydrogen (secondary N) is 1. The highest BCUT2D eigenvalue weighted by Crippen LogP contribution is 2.24. The predicted octanol–water partition coefficient (Wildman–Crippen LogP) is 4.38. The summed E-state index contributed by atoms with van der Waals surface area (Å²) in [7, 11) is 0. The third-order valence-corrected chi connectivity index (χ3v) is 3.56. The molecule has 0 saturated carbocycles. The summed E-state index contributed by atoms with van der Waals surface area (Å²) >= 11 is 16.7. The second kappa shape index (κ2) is 6.39. The molecule has 0 fully saturated rings. The molecule has 0 aliphatic rings. The maximum Gasteiger partial charge on any atom is 0.141 e. The van der Waals surface area contributed by atoms with Crippen molar-refractivity contribution in [1.29, 1.82) is 0 Å². The molecule has 0 unspecified atom stereocenters. The molecule has 0 spiro atoms. The summed E-state index contributed by atoms with van der Waals surface area (Å²) in [6.45, 7) is 0.478. The van der Waals surface area contributed by atoms with Gasteiger partial charge < -0.3 is 11.1 Å². The van der Waals surface area contributed by atoms with Crippen LogP contribution in [-0.4, -0.2) is 4.99 Å². The Labute approximate surface area is 131 Å². The zero-order chi connectivity index (χ0) is 14.7. The summed E-state index contributed by atoms with van der Waals surface area (Å²) in [6.07, 6.45) is 0. The van der Waals surface area contributed by atoms with Crippen molar-refractivity contribution in [3.05, 3.63) is 63.4 Å². The fourth-order valence-corrected chi connectivity index (χ4v) is 2.24. The minimum absolute atomic E-state index is 0.0965. The van der Waals surface area contributed by atoms with Crippen LogP contribution in [0.4, 0.5) is 10.1 Å². The van der Waals surface area contributed by atoms with E-state index in [1.807, 2.05) is 0 Å². The second-order valence-electron chi connectivity index (χ2n) is 4.16. The first-order valence-electron chi connectivity index (χ1n) is 5.74. The Bertz CT molecular complexity index is 662. The van der Waals surface area contributed by atoms with E-state index in [1.165, 1.54) is 6.07 Å². The first-order valence-corrected chi connectivity index (χ1v) is 6.91. The van der Waals surface area contributed by atoms with E-state index in [2.05, 4.69) is 5.32 Å². The number of rotatable bonds is 4. The zero-order valence-electron chi connectivity index (χ0n) is 10.3. The molecular weight excluding hydrogens is 318 g/mol. The van der Waals surface area contributed by atoms with Crippen LogP contribution in [-0.2, 0) is 6.54 Å². The largest absolute Gasteiger partial charge is 0.389 e. The Hall–Kier alpha value is -1.36. The van der Waals surface area contributed by atoms with Crippen molar-refractivity contribution in [1.82, 2.24) is 0 Å². The molecule has 2 aromatic rings. The van der Waals surface area contributed by atoms with Gasteiger partial charge in [0.1, 0.15) is 10.8 Å². The molecule has 0 aliphatic carbocycles. The topological polar surface area (TPSA) is 38.0 Å². The van der Waals surface area contributed by atoms with E-state index in [0.717, 1.165) is 11.3 Å². The molecule has 2 nitrogen and oxygen atoms in total. The summed E-state index contributed by atoms with van der Waals surface area (Å²) in [5.41, 5.74) is 7.83. The van der Waals surface area contributed by atoms with E-state index in [4.69, 9.17) is 41.2 Å². The van der Waals surface area contributed by atoms with E-state index in [1.54, 1.807) is 30.3 Å². The average Bonchev–Trinajstić information content (AvgIpc) is 2.41. The molecule has 104 valence electrons. The summed E-state index contributed by atoms with van der Waals surface area (Å²) in [4.78, 5) is 0.295. The van der Waals surface area contributed by atoms with Gasteiger partial charge in [-0.2, -0.15) is 0 Å². The standard InChI is InChI=1S/C14H11Cl2FN2S/c15-10-5-8(1-3-12(10)17)7-19-13-4-2-9(14(18)20)6-11(13)16/h1-6,19H,7H2,(H2,18,20). The first kappa shape index (κ1) is 15.0. The average molecular weight is 329 g/mol. The van der Waals surface area contributed by atoms with Crippen LogP contribution in [0.15, 0.2) is 36.4 Å². The normalized spacial score (nSPS) is 10.3. The monoisotopic (exact) mass is 328 g/mol. The number of thiocarbonyl (C=S) groups is 1. The molecule has 0 aromatic heterocycles. The van der Waals surface area contributed by atoms with Crippen LogP contribution in [0.5, 0.6) is 0 Å². The van der Waals surface area contributed by atoms with Gasteiger partial charge in [-0.1, -0.05) is 41.5 Å². The minimum atomic E-state index is -0.436. The quantitative estimate of drug-likeness (QED) is 0.818. The molecule has 0 atom stereocenters. The number of hydrogen-bond donors (Lipinski definition) is 2. The van der Waals surface area contributed by atoms with Gasteiger partial charge in [0.05, 0.1) is 15.7 Å². The SMILES string of the molecule is NC(=S)c1ccc(NCc2ccc(F)c(Cl)c2)c(Cl)c1. The van der Waals surface area contributed by atoms with Gasteiger partial charge in [0.2, 0.25) is 0 Å². The molecule has 3 N–H and O–H groups in total. The summed E-state index contributed by atoms with van der Waals surface area (Å²) < 4.78 is 13.0.